The number of aromatic hydroxyl groups is 1. The molecule has 12 heavy (non-hydrogen) atoms. The van der Waals surface area contributed by atoms with Crippen LogP contribution in [-0.2, 0) is 4.79 Å². The minimum absolute atomic E-state index is 0.0122. The summed E-state index contributed by atoms with van der Waals surface area (Å²) in [7, 11) is 0. The normalized spacial score (nSPS) is 12.5. The van der Waals surface area contributed by atoms with Crippen molar-refractivity contribution in [1.29, 1.82) is 0 Å². The Morgan fingerprint density at radius 2 is 2.17 bits per heavy atom. The second-order valence-corrected chi connectivity index (χ2v) is 2.63. The molecule has 3 nitrogen and oxygen atoms in total. The molecule has 63 valence electrons. The third kappa shape index (κ3) is 1.75. The van der Waals surface area contributed by atoms with Gasteiger partial charge in [-0.05, 0) is 12.1 Å². The van der Waals surface area contributed by atoms with E-state index in [0.29, 0.717) is 0 Å². The maximum absolute atomic E-state index is 10.0. The smallest absolute Gasteiger partial charge is 0.234 e. The van der Waals surface area contributed by atoms with E-state index in [1.165, 1.54) is 24.5 Å². The van der Waals surface area contributed by atoms with E-state index < -0.39 is 6.10 Å². The van der Waals surface area contributed by atoms with Gasteiger partial charge in [0.05, 0.1) is 5.02 Å². The summed E-state index contributed by atoms with van der Waals surface area (Å²) in [6.07, 6.45) is 0.0320. The van der Waals surface area contributed by atoms with Crippen molar-refractivity contribution in [1.82, 2.24) is 0 Å². The lowest BCUT2D eigenvalue weighted by molar-refractivity contribution is 0.240. The van der Waals surface area contributed by atoms with Crippen LogP contribution in [0.3, 0.4) is 0 Å². The van der Waals surface area contributed by atoms with Gasteiger partial charge in [0.25, 0.3) is 0 Å². The fraction of sp³-hybridized carbons (Fsp3) is 0.125. The molecule has 0 amide bonds. The molecule has 0 bridgehead atoms. The topological polar surface area (TPSA) is 57.5 Å². The first kappa shape index (κ1) is 9.03. The maximum atomic E-state index is 10.0. The van der Waals surface area contributed by atoms with Gasteiger partial charge >= 0.3 is 0 Å². The summed E-state index contributed by atoms with van der Waals surface area (Å²) in [6.45, 7) is 0. The first-order valence-corrected chi connectivity index (χ1v) is 3.57. The van der Waals surface area contributed by atoms with Crippen LogP contribution in [0.4, 0.5) is 0 Å². The standard InChI is InChI=1S/C8H6ClO3/c9-7-3-5(11)1-2-6(7)8(12)4-10/h1-3,8,11-12H. The van der Waals surface area contributed by atoms with Crippen LogP contribution in [-0.4, -0.2) is 16.5 Å². The summed E-state index contributed by atoms with van der Waals surface area (Å²) in [5, 5.41) is 18.1. The number of phenols is 1. The van der Waals surface area contributed by atoms with Crippen LogP contribution >= 0.6 is 11.6 Å². The van der Waals surface area contributed by atoms with Crippen molar-refractivity contribution in [3.63, 3.8) is 0 Å². The highest BCUT2D eigenvalue weighted by atomic mass is 35.5. The molecule has 0 aliphatic heterocycles. The Morgan fingerprint density at radius 1 is 1.50 bits per heavy atom. The van der Waals surface area contributed by atoms with E-state index in [1.54, 1.807) is 0 Å². The molecule has 2 N–H and O–H groups in total. The van der Waals surface area contributed by atoms with Crippen LogP contribution in [0.5, 0.6) is 5.75 Å². The number of halogens is 1. The Bertz CT molecular complexity index is 298. The van der Waals surface area contributed by atoms with Crippen molar-refractivity contribution in [3.8, 4) is 5.75 Å². The predicted octanol–water partition coefficient (Wildman–Crippen LogP) is 1.19. The Hall–Kier alpha value is -1.06. The summed E-state index contributed by atoms with van der Waals surface area (Å²) in [5.74, 6) is -0.0122. The summed E-state index contributed by atoms with van der Waals surface area (Å²) < 4.78 is 0. The van der Waals surface area contributed by atoms with E-state index in [0.717, 1.165) is 0 Å². The maximum Gasteiger partial charge on any atom is 0.234 e. The van der Waals surface area contributed by atoms with Gasteiger partial charge in [-0.1, -0.05) is 17.7 Å². The molecule has 4 heteroatoms. The Balaban J connectivity index is 3.09. The molecule has 1 rings (SSSR count). The van der Waals surface area contributed by atoms with E-state index in [9.17, 15) is 4.79 Å². The molecular weight excluding hydrogens is 180 g/mol. The zero-order valence-corrected chi connectivity index (χ0v) is 6.75. The van der Waals surface area contributed by atoms with Crippen molar-refractivity contribution >= 4 is 17.9 Å². The molecule has 0 aliphatic carbocycles. The molecule has 0 saturated carbocycles. The van der Waals surface area contributed by atoms with E-state index >= 15 is 0 Å². The molecule has 0 aliphatic rings. The quantitative estimate of drug-likeness (QED) is 0.728. The fourth-order valence-corrected chi connectivity index (χ4v) is 1.08. The molecule has 1 atom stereocenters. The molecule has 1 unspecified atom stereocenters. The third-order valence-corrected chi connectivity index (χ3v) is 1.72. The number of hydrogen-bond acceptors (Lipinski definition) is 3. The third-order valence-electron chi connectivity index (χ3n) is 1.39. The predicted molar refractivity (Wildman–Crippen MR) is 43.8 cm³/mol. The number of aliphatic hydroxyl groups excluding tert-OH is 1. The minimum atomic E-state index is -1.35. The SMILES string of the molecule is O=[C]C(O)c1ccc(O)cc1Cl. The lowest BCUT2D eigenvalue weighted by Gasteiger charge is -2.04. The van der Waals surface area contributed by atoms with Gasteiger partial charge in [-0.15, -0.1) is 0 Å². The Labute approximate surface area is 74.2 Å². The number of benzene rings is 1. The van der Waals surface area contributed by atoms with E-state index in [-0.39, 0.29) is 16.3 Å². The van der Waals surface area contributed by atoms with Gasteiger partial charge in [0.15, 0.2) is 0 Å². The number of hydrogen-bond donors (Lipinski definition) is 2. The first-order valence-electron chi connectivity index (χ1n) is 3.19. The van der Waals surface area contributed by atoms with Crippen LogP contribution in [0, 0.1) is 0 Å². The summed E-state index contributed by atoms with van der Waals surface area (Å²) in [4.78, 5) is 10.0. The summed E-state index contributed by atoms with van der Waals surface area (Å²) in [5.41, 5.74) is 0.240. The molecule has 1 aromatic rings. The number of aliphatic hydroxyl groups is 1. The number of rotatable bonds is 2. The van der Waals surface area contributed by atoms with Gasteiger partial charge < -0.3 is 10.2 Å². The molecule has 1 aromatic carbocycles. The van der Waals surface area contributed by atoms with Crippen LogP contribution in [0.15, 0.2) is 18.2 Å². The molecule has 0 heterocycles. The monoisotopic (exact) mass is 185 g/mol. The average molecular weight is 186 g/mol. The molecular formula is C8H6ClO3. The molecule has 1 radical (unpaired) electrons. The summed E-state index contributed by atoms with van der Waals surface area (Å²) >= 11 is 5.60. The average Bonchev–Trinajstić information content (AvgIpc) is 2.03. The van der Waals surface area contributed by atoms with Gasteiger partial charge in [-0.3, -0.25) is 4.79 Å². The van der Waals surface area contributed by atoms with Gasteiger partial charge in [0.2, 0.25) is 6.29 Å². The van der Waals surface area contributed by atoms with Gasteiger partial charge in [-0.25, -0.2) is 0 Å². The Kier molecular flexibility index (Phi) is 2.68. The fourth-order valence-electron chi connectivity index (χ4n) is 0.801. The lowest BCUT2D eigenvalue weighted by Crippen LogP contribution is -1.98. The van der Waals surface area contributed by atoms with E-state index in [4.69, 9.17) is 21.8 Å². The van der Waals surface area contributed by atoms with E-state index in [2.05, 4.69) is 0 Å². The van der Waals surface area contributed by atoms with Crippen LogP contribution in [0.1, 0.15) is 11.7 Å². The van der Waals surface area contributed by atoms with Gasteiger partial charge in [0.1, 0.15) is 11.9 Å². The van der Waals surface area contributed by atoms with Crippen molar-refractivity contribution in [2.24, 2.45) is 0 Å². The molecule has 0 fully saturated rings. The van der Waals surface area contributed by atoms with Crippen LogP contribution in [0.2, 0.25) is 5.02 Å². The summed E-state index contributed by atoms with van der Waals surface area (Å²) in [6, 6.07) is 3.95. The Morgan fingerprint density at radius 3 is 2.67 bits per heavy atom. The molecule has 0 aromatic heterocycles. The zero-order valence-electron chi connectivity index (χ0n) is 5.99. The number of phenolic OH excluding ortho intramolecular Hbond substituents is 1. The van der Waals surface area contributed by atoms with E-state index in [1.807, 2.05) is 0 Å². The van der Waals surface area contributed by atoms with Gasteiger partial charge in [0, 0.05) is 5.56 Å². The second-order valence-electron chi connectivity index (χ2n) is 2.23. The van der Waals surface area contributed by atoms with Crippen molar-refractivity contribution in [3.05, 3.63) is 28.8 Å². The second kappa shape index (κ2) is 3.56. The zero-order chi connectivity index (χ0) is 9.14. The van der Waals surface area contributed by atoms with Crippen molar-refractivity contribution in [2.45, 2.75) is 6.10 Å². The highest BCUT2D eigenvalue weighted by molar-refractivity contribution is 6.31. The minimum Gasteiger partial charge on any atom is -0.508 e. The molecule has 0 saturated heterocycles. The lowest BCUT2D eigenvalue weighted by atomic mass is 10.1. The van der Waals surface area contributed by atoms with Crippen LogP contribution < -0.4 is 0 Å². The highest BCUT2D eigenvalue weighted by Gasteiger charge is 2.10. The first-order chi connectivity index (χ1) is 5.65. The van der Waals surface area contributed by atoms with Crippen molar-refractivity contribution < 1.29 is 15.0 Å². The van der Waals surface area contributed by atoms with Gasteiger partial charge in [-0.2, -0.15) is 0 Å². The number of carbonyl (C=O) groups excluding carboxylic acids is 1. The van der Waals surface area contributed by atoms with Crippen molar-refractivity contribution in [2.75, 3.05) is 0 Å². The molecule has 0 spiro atoms. The largest absolute Gasteiger partial charge is 0.508 e. The highest BCUT2D eigenvalue weighted by Crippen LogP contribution is 2.25. The van der Waals surface area contributed by atoms with Crippen LogP contribution in [0.25, 0.3) is 0 Å².